The second kappa shape index (κ2) is 8.28. The first-order valence-corrected chi connectivity index (χ1v) is 10.1. The Hall–Kier alpha value is -3.45. The number of methoxy groups -OCH3 is 1. The van der Waals surface area contributed by atoms with Gasteiger partial charge in [0.2, 0.25) is 5.88 Å². The van der Waals surface area contributed by atoms with Gasteiger partial charge in [0.1, 0.15) is 0 Å². The average molecular weight is 404 g/mol. The molecule has 1 aromatic carbocycles. The molecule has 0 fully saturated rings. The molecule has 0 radical (unpaired) electrons. The molecule has 2 N–H and O–H groups in total. The Morgan fingerprint density at radius 2 is 2.00 bits per heavy atom. The van der Waals surface area contributed by atoms with E-state index < -0.39 is 0 Å². The number of rotatable bonds is 7. The summed E-state index contributed by atoms with van der Waals surface area (Å²) in [5.41, 5.74) is 4.88. The van der Waals surface area contributed by atoms with Gasteiger partial charge < -0.3 is 15.4 Å². The van der Waals surface area contributed by atoms with Crippen LogP contribution in [0.1, 0.15) is 6.92 Å². The minimum atomic E-state index is 0.574. The highest BCUT2D eigenvalue weighted by atomic mass is 32.1. The van der Waals surface area contributed by atoms with Gasteiger partial charge in [0.15, 0.2) is 5.13 Å². The number of anilines is 1. The minimum Gasteiger partial charge on any atom is -0.481 e. The Morgan fingerprint density at radius 3 is 2.76 bits per heavy atom. The van der Waals surface area contributed by atoms with E-state index in [9.17, 15) is 0 Å². The van der Waals surface area contributed by atoms with Crippen LogP contribution in [0.3, 0.4) is 0 Å². The SMILES string of the molecule is C=C(NCC)Nc1nc2cc(-c3ccnc(OC)c3)cc(-c3ccccn3)c2s1. The highest BCUT2D eigenvalue weighted by Crippen LogP contribution is 2.38. The maximum Gasteiger partial charge on any atom is 0.213 e. The van der Waals surface area contributed by atoms with E-state index >= 15 is 0 Å². The van der Waals surface area contributed by atoms with Crippen molar-refractivity contribution >= 4 is 26.7 Å². The molecule has 0 aliphatic heterocycles. The van der Waals surface area contributed by atoms with E-state index in [0.717, 1.165) is 50.1 Å². The number of nitrogens with one attached hydrogen (secondary N) is 2. The van der Waals surface area contributed by atoms with Crippen molar-refractivity contribution in [1.29, 1.82) is 0 Å². The largest absolute Gasteiger partial charge is 0.481 e. The second-order valence-electron chi connectivity index (χ2n) is 6.33. The quantitative estimate of drug-likeness (QED) is 0.456. The van der Waals surface area contributed by atoms with Crippen molar-refractivity contribution in [2.75, 3.05) is 19.0 Å². The van der Waals surface area contributed by atoms with Crippen molar-refractivity contribution in [1.82, 2.24) is 20.3 Å². The van der Waals surface area contributed by atoms with Crippen molar-refractivity contribution in [3.8, 4) is 28.3 Å². The van der Waals surface area contributed by atoms with Crippen LogP contribution in [0.25, 0.3) is 32.6 Å². The molecule has 3 aromatic heterocycles. The molecule has 146 valence electrons. The van der Waals surface area contributed by atoms with E-state index in [2.05, 4.69) is 39.3 Å². The molecule has 0 saturated carbocycles. The third-order valence-corrected chi connectivity index (χ3v) is 5.38. The Bertz CT molecular complexity index is 1160. The van der Waals surface area contributed by atoms with Gasteiger partial charge in [-0.2, -0.15) is 0 Å². The van der Waals surface area contributed by atoms with Gasteiger partial charge >= 0.3 is 0 Å². The lowest BCUT2D eigenvalue weighted by Crippen LogP contribution is -2.17. The predicted octanol–water partition coefficient (Wildman–Crippen LogP) is 4.92. The third-order valence-electron chi connectivity index (χ3n) is 4.36. The number of ether oxygens (including phenoxy) is 1. The molecule has 0 unspecified atom stereocenters. The van der Waals surface area contributed by atoms with Crippen molar-refractivity contribution in [3.63, 3.8) is 0 Å². The van der Waals surface area contributed by atoms with Crippen LogP contribution in [0.4, 0.5) is 5.13 Å². The van der Waals surface area contributed by atoms with Gasteiger partial charge in [-0.25, -0.2) is 9.97 Å². The number of fused-ring (bicyclic) bond motifs is 1. The summed E-state index contributed by atoms with van der Waals surface area (Å²) in [4.78, 5) is 13.5. The molecule has 0 atom stereocenters. The van der Waals surface area contributed by atoms with Crippen LogP contribution in [-0.2, 0) is 0 Å². The molecular formula is C22H21N5OS. The van der Waals surface area contributed by atoms with Crippen molar-refractivity contribution in [3.05, 3.63) is 67.3 Å². The number of hydrogen-bond acceptors (Lipinski definition) is 7. The van der Waals surface area contributed by atoms with E-state index in [4.69, 9.17) is 9.72 Å². The smallest absolute Gasteiger partial charge is 0.213 e. The molecule has 0 bridgehead atoms. The number of nitrogens with zero attached hydrogens (tertiary/aromatic N) is 3. The lowest BCUT2D eigenvalue weighted by Gasteiger charge is -2.08. The first-order chi connectivity index (χ1) is 14.2. The molecule has 0 aliphatic rings. The van der Waals surface area contributed by atoms with Gasteiger partial charge in [-0.3, -0.25) is 4.98 Å². The lowest BCUT2D eigenvalue weighted by molar-refractivity contribution is 0.398. The molecule has 3 heterocycles. The van der Waals surface area contributed by atoms with Gasteiger partial charge in [0, 0.05) is 30.6 Å². The Labute approximate surface area is 173 Å². The molecule has 0 aliphatic carbocycles. The first kappa shape index (κ1) is 18.9. The van der Waals surface area contributed by atoms with Gasteiger partial charge in [-0.1, -0.05) is 24.0 Å². The van der Waals surface area contributed by atoms with Crippen LogP contribution in [-0.4, -0.2) is 28.6 Å². The van der Waals surface area contributed by atoms with Gasteiger partial charge in [-0.15, -0.1) is 0 Å². The van der Waals surface area contributed by atoms with Gasteiger partial charge in [0.25, 0.3) is 0 Å². The Morgan fingerprint density at radius 1 is 1.10 bits per heavy atom. The fraction of sp³-hybridized carbons (Fsp3) is 0.136. The number of hydrogen-bond donors (Lipinski definition) is 2. The summed E-state index contributed by atoms with van der Waals surface area (Å²) < 4.78 is 6.36. The van der Waals surface area contributed by atoms with E-state index in [1.54, 1.807) is 30.8 Å². The lowest BCUT2D eigenvalue weighted by atomic mass is 10.0. The summed E-state index contributed by atoms with van der Waals surface area (Å²) in [7, 11) is 1.62. The zero-order valence-electron chi connectivity index (χ0n) is 16.3. The number of thiazole rings is 1. The number of aromatic nitrogens is 3. The second-order valence-corrected chi connectivity index (χ2v) is 7.33. The van der Waals surface area contributed by atoms with Crippen molar-refractivity contribution in [2.24, 2.45) is 0 Å². The van der Waals surface area contributed by atoms with Crippen LogP contribution in [0.5, 0.6) is 5.88 Å². The highest BCUT2D eigenvalue weighted by molar-refractivity contribution is 7.22. The molecular weight excluding hydrogens is 382 g/mol. The first-order valence-electron chi connectivity index (χ1n) is 9.24. The summed E-state index contributed by atoms with van der Waals surface area (Å²) in [5.74, 6) is 1.30. The molecule has 29 heavy (non-hydrogen) atoms. The standard InChI is InChI=1S/C22H21N5OS/c1-4-23-14(2)26-22-27-19-12-16(15-8-10-25-20(13-15)28-3)11-17(21(19)29-22)18-7-5-6-9-24-18/h5-13,23H,2,4H2,1,3H3,(H,26,27). The van der Waals surface area contributed by atoms with Crippen LogP contribution < -0.4 is 15.4 Å². The predicted molar refractivity (Wildman–Crippen MR) is 119 cm³/mol. The van der Waals surface area contributed by atoms with E-state index in [1.165, 1.54) is 0 Å². The maximum atomic E-state index is 5.29. The molecule has 7 heteroatoms. The summed E-state index contributed by atoms with van der Waals surface area (Å²) in [6.45, 7) is 6.81. The van der Waals surface area contributed by atoms with E-state index in [1.807, 2.05) is 37.3 Å². The molecule has 6 nitrogen and oxygen atoms in total. The van der Waals surface area contributed by atoms with E-state index in [0.29, 0.717) is 5.88 Å². The Kier molecular flexibility index (Phi) is 5.39. The normalized spacial score (nSPS) is 10.7. The zero-order chi connectivity index (χ0) is 20.2. The van der Waals surface area contributed by atoms with Crippen LogP contribution in [0.15, 0.2) is 67.3 Å². The summed E-state index contributed by atoms with van der Waals surface area (Å²) in [6, 6.07) is 14.0. The molecule has 4 aromatic rings. The zero-order valence-corrected chi connectivity index (χ0v) is 17.1. The van der Waals surface area contributed by atoms with Crippen LogP contribution in [0, 0.1) is 0 Å². The monoisotopic (exact) mass is 403 g/mol. The van der Waals surface area contributed by atoms with Crippen molar-refractivity contribution in [2.45, 2.75) is 6.92 Å². The average Bonchev–Trinajstić information content (AvgIpc) is 3.16. The minimum absolute atomic E-state index is 0.574. The molecule has 0 spiro atoms. The fourth-order valence-corrected chi connectivity index (χ4v) is 4.05. The fourth-order valence-electron chi connectivity index (χ4n) is 3.05. The molecule has 0 amide bonds. The highest BCUT2D eigenvalue weighted by Gasteiger charge is 2.14. The summed E-state index contributed by atoms with van der Waals surface area (Å²) in [5, 5.41) is 7.19. The van der Waals surface area contributed by atoms with Crippen molar-refractivity contribution < 1.29 is 4.74 Å². The topological polar surface area (TPSA) is 72.0 Å². The summed E-state index contributed by atoms with van der Waals surface area (Å²) >= 11 is 1.58. The van der Waals surface area contributed by atoms with Crippen LogP contribution in [0.2, 0.25) is 0 Å². The van der Waals surface area contributed by atoms with E-state index in [-0.39, 0.29) is 0 Å². The number of pyridine rings is 2. The van der Waals surface area contributed by atoms with Gasteiger partial charge in [0.05, 0.1) is 28.8 Å². The summed E-state index contributed by atoms with van der Waals surface area (Å²) in [6.07, 6.45) is 3.55. The van der Waals surface area contributed by atoms with Gasteiger partial charge in [-0.05, 0) is 48.4 Å². The third kappa shape index (κ3) is 4.05. The number of benzene rings is 1. The molecule has 0 saturated heterocycles. The Balaban J connectivity index is 1.86. The van der Waals surface area contributed by atoms with Crippen LogP contribution >= 0.6 is 11.3 Å². The molecule has 4 rings (SSSR count). The maximum absolute atomic E-state index is 5.29.